The Morgan fingerprint density at radius 1 is 1.08 bits per heavy atom. The lowest BCUT2D eigenvalue weighted by atomic mass is 10.2. The molecule has 0 aliphatic carbocycles. The quantitative estimate of drug-likeness (QED) is 0.713. The van der Waals surface area contributed by atoms with Crippen molar-refractivity contribution in [2.75, 3.05) is 31.1 Å². The van der Waals surface area contributed by atoms with Gasteiger partial charge in [0.2, 0.25) is 5.91 Å². The number of anilines is 1. The number of fused-ring (bicyclic) bond motifs is 1. The Balaban J connectivity index is 1.64. The van der Waals surface area contributed by atoms with Crippen LogP contribution in [0.1, 0.15) is 18.9 Å². The van der Waals surface area contributed by atoms with E-state index in [-0.39, 0.29) is 5.91 Å². The lowest BCUT2D eigenvalue weighted by Gasteiger charge is -2.35. The largest absolute Gasteiger partial charge is 0.351 e. The number of aryl methyl sites for hydroxylation is 1. The Morgan fingerprint density at radius 2 is 1.81 bits per heavy atom. The number of carbonyl (C=O) groups excluding carboxylic acids is 1. The van der Waals surface area contributed by atoms with E-state index < -0.39 is 0 Å². The van der Waals surface area contributed by atoms with Gasteiger partial charge in [-0.1, -0.05) is 29.8 Å². The first-order valence-electron chi connectivity index (χ1n) is 8.83. The number of rotatable bonds is 3. The summed E-state index contributed by atoms with van der Waals surface area (Å²) < 4.78 is 1.73. The van der Waals surface area contributed by atoms with Crippen molar-refractivity contribution in [3.63, 3.8) is 0 Å². The van der Waals surface area contributed by atoms with Gasteiger partial charge in [0.1, 0.15) is 6.33 Å². The summed E-state index contributed by atoms with van der Waals surface area (Å²) in [4.78, 5) is 24.7. The summed E-state index contributed by atoms with van der Waals surface area (Å²) in [5.74, 6) is 0.972. The van der Waals surface area contributed by atoms with Crippen LogP contribution in [-0.2, 0) is 4.79 Å². The van der Waals surface area contributed by atoms with Crippen LogP contribution in [0.15, 0.2) is 30.6 Å². The molecule has 0 radical (unpaired) electrons. The van der Waals surface area contributed by atoms with Crippen LogP contribution in [0.25, 0.3) is 16.9 Å². The van der Waals surface area contributed by atoms with E-state index in [1.807, 2.05) is 43.0 Å². The van der Waals surface area contributed by atoms with Crippen LogP contribution in [0.3, 0.4) is 0 Å². The van der Waals surface area contributed by atoms with E-state index in [1.54, 1.807) is 11.0 Å². The molecule has 8 heteroatoms. The smallest absolute Gasteiger partial charge is 0.222 e. The Bertz CT molecular complexity index is 926. The fraction of sp³-hybridized carbons (Fsp3) is 0.389. The van der Waals surface area contributed by atoms with Crippen LogP contribution >= 0.6 is 0 Å². The van der Waals surface area contributed by atoms with Crippen molar-refractivity contribution in [3.05, 3.63) is 36.2 Å². The van der Waals surface area contributed by atoms with E-state index in [0.717, 1.165) is 24.6 Å². The first kappa shape index (κ1) is 16.4. The minimum atomic E-state index is 0.197. The van der Waals surface area contributed by atoms with Gasteiger partial charge < -0.3 is 9.80 Å². The average molecular weight is 351 g/mol. The monoisotopic (exact) mass is 351 g/mol. The van der Waals surface area contributed by atoms with Crippen molar-refractivity contribution in [2.45, 2.75) is 20.3 Å². The molecule has 2 aromatic heterocycles. The van der Waals surface area contributed by atoms with Crippen molar-refractivity contribution < 1.29 is 4.79 Å². The fourth-order valence-corrected chi connectivity index (χ4v) is 3.22. The van der Waals surface area contributed by atoms with Gasteiger partial charge in [0.25, 0.3) is 0 Å². The van der Waals surface area contributed by atoms with E-state index >= 15 is 0 Å². The van der Waals surface area contributed by atoms with Gasteiger partial charge in [-0.25, -0.2) is 9.97 Å². The molecule has 0 saturated carbocycles. The van der Waals surface area contributed by atoms with E-state index in [4.69, 9.17) is 0 Å². The number of amides is 1. The molecule has 4 rings (SSSR count). The predicted octanol–water partition coefficient (Wildman–Crippen LogP) is 1.58. The molecular formula is C18H21N7O. The predicted molar refractivity (Wildman–Crippen MR) is 98.3 cm³/mol. The van der Waals surface area contributed by atoms with Gasteiger partial charge in [-0.3, -0.25) is 4.79 Å². The molecular weight excluding hydrogens is 330 g/mol. The van der Waals surface area contributed by atoms with Crippen LogP contribution in [0, 0.1) is 6.92 Å². The molecule has 1 fully saturated rings. The van der Waals surface area contributed by atoms with Gasteiger partial charge >= 0.3 is 0 Å². The second-order valence-electron chi connectivity index (χ2n) is 6.43. The standard InChI is InChI=1S/C18H21N7O/c1-3-15(26)23-8-10-24(11-9-23)17-16-18(20-12-19-17)25(22-21-16)14-6-4-13(2)5-7-14/h4-7,12H,3,8-11H2,1-2H3. The third-order valence-electron chi connectivity index (χ3n) is 4.73. The van der Waals surface area contributed by atoms with Crippen molar-refractivity contribution in [1.82, 2.24) is 29.9 Å². The van der Waals surface area contributed by atoms with Gasteiger partial charge in [-0.2, -0.15) is 4.68 Å². The molecule has 0 unspecified atom stereocenters. The number of aromatic nitrogens is 5. The Kier molecular flexibility index (Phi) is 4.24. The van der Waals surface area contributed by atoms with Crippen LogP contribution in [0.4, 0.5) is 5.82 Å². The Hall–Kier alpha value is -3.03. The lowest BCUT2D eigenvalue weighted by Crippen LogP contribution is -2.49. The number of benzene rings is 1. The molecule has 0 bridgehead atoms. The number of hydrogen-bond donors (Lipinski definition) is 0. The van der Waals surface area contributed by atoms with Crippen LogP contribution in [0.2, 0.25) is 0 Å². The maximum absolute atomic E-state index is 11.9. The lowest BCUT2D eigenvalue weighted by molar-refractivity contribution is -0.131. The van der Waals surface area contributed by atoms with Gasteiger partial charge in [0.15, 0.2) is 17.0 Å². The van der Waals surface area contributed by atoms with Gasteiger partial charge in [-0.05, 0) is 19.1 Å². The van der Waals surface area contributed by atoms with Gasteiger partial charge in [-0.15, -0.1) is 5.10 Å². The summed E-state index contributed by atoms with van der Waals surface area (Å²) in [5, 5.41) is 8.61. The van der Waals surface area contributed by atoms with Crippen molar-refractivity contribution >= 4 is 22.9 Å². The average Bonchev–Trinajstić information content (AvgIpc) is 3.12. The van der Waals surface area contributed by atoms with Crippen LogP contribution in [0.5, 0.6) is 0 Å². The Morgan fingerprint density at radius 3 is 2.50 bits per heavy atom. The highest BCUT2D eigenvalue weighted by atomic mass is 16.2. The molecule has 1 amide bonds. The molecule has 134 valence electrons. The molecule has 1 aliphatic rings. The molecule has 3 heterocycles. The molecule has 26 heavy (non-hydrogen) atoms. The summed E-state index contributed by atoms with van der Waals surface area (Å²) in [5.41, 5.74) is 3.48. The highest BCUT2D eigenvalue weighted by Gasteiger charge is 2.24. The summed E-state index contributed by atoms with van der Waals surface area (Å²) in [6, 6.07) is 8.07. The summed E-state index contributed by atoms with van der Waals surface area (Å²) in [6.07, 6.45) is 2.10. The summed E-state index contributed by atoms with van der Waals surface area (Å²) in [7, 11) is 0. The maximum Gasteiger partial charge on any atom is 0.222 e. The van der Waals surface area contributed by atoms with E-state index in [9.17, 15) is 4.79 Å². The number of carbonyl (C=O) groups is 1. The second kappa shape index (κ2) is 6.70. The normalized spacial score (nSPS) is 14.8. The molecule has 1 saturated heterocycles. The van der Waals surface area contributed by atoms with Crippen LogP contribution in [-0.4, -0.2) is 61.9 Å². The molecule has 3 aromatic rings. The number of nitrogens with zero attached hydrogens (tertiary/aromatic N) is 7. The first-order valence-corrected chi connectivity index (χ1v) is 8.83. The van der Waals surface area contributed by atoms with E-state index in [1.165, 1.54) is 5.56 Å². The second-order valence-corrected chi connectivity index (χ2v) is 6.43. The summed E-state index contributed by atoms with van der Waals surface area (Å²) in [6.45, 7) is 6.80. The van der Waals surface area contributed by atoms with Gasteiger partial charge in [0.05, 0.1) is 5.69 Å². The van der Waals surface area contributed by atoms with Crippen molar-refractivity contribution in [2.24, 2.45) is 0 Å². The zero-order valence-corrected chi connectivity index (χ0v) is 15.0. The van der Waals surface area contributed by atoms with E-state index in [0.29, 0.717) is 30.7 Å². The third kappa shape index (κ3) is 2.87. The highest BCUT2D eigenvalue weighted by molar-refractivity contribution is 5.84. The molecule has 0 spiro atoms. The molecule has 8 nitrogen and oxygen atoms in total. The summed E-state index contributed by atoms with van der Waals surface area (Å²) >= 11 is 0. The van der Waals surface area contributed by atoms with Crippen molar-refractivity contribution in [1.29, 1.82) is 0 Å². The zero-order valence-electron chi connectivity index (χ0n) is 15.0. The minimum Gasteiger partial charge on any atom is -0.351 e. The molecule has 0 N–H and O–H groups in total. The first-order chi connectivity index (χ1) is 12.7. The molecule has 1 aliphatic heterocycles. The third-order valence-corrected chi connectivity index (χ3v) is 4.73. The van der Waals surface area contributed by atoms with Gasteiger partial charge in [0, 0.05) is 32.6 Å². The van der Waals surface area contributed by atoms with Crippen molar-refractivity contribution in [3.8, 4) is 5.69 Å². The maximum atomic E-state index is 11.9. The topological polar surface area (TPSA) is 80.0 Å². The van der Waals surface area contributed by atoms with Crippen LogP contribution < -0.4 is 4.90 Å². The fourth-order valence-electron chi connectivity index (χ4n) is 3.22. The molecule has 0 atom stereocenters. The minimum absolute atomic E-state index is 0.197. The number of piperazine rings is 1. The highest BCUT2D eigenvalue weighted by Crippen LogP contribution is 2.23. The SMILES string of the molecule is CCC(=O)N1CCN(c2ncnc3c2nnn3-c2ccc(C)cc2)CC1. The zero-order chi connectivity index (χ0) is 18.1. The number of hydrogen-bond acceptors (Lipinski definition) is 6. The van der Waals surface area contributed by atoms with E-state index in [2.05, 4.69) is 25.2 Å². The molecule has 1 aromatic carbocycles. The Labute approximate surface area is 151 Å².